The summed E-state index contributed by atoms with van der Waals surface area (Å²) in [6, 6.07) is 12.9. The first-order chi connectivity index (χ1) is 11.2. The molecule has 0 spiro atoms. The van der Waals surface area contributed by atoms with E-state index in [1.165, 1.54) is 7.11 Å². The first-order valence-electron chi connectivity index (χ1n) is 7.08. The smallest absolute Gasteiger partial charge is 0.338 e. The molecule has 0 radical (unpaired) electrons. The summed E-state index contributed by atoms with van der Waals surface area (Å²) in [5.74, 6) is 0.00816. The van der Waals surface area contributed by atoms with Crippen LogP contribution < -0.4 is 4.74 Å². The van der Waals surface area contributed by atoms with Crippen molar-refractivity contribution in [3.8, 4) is 5.75 Å². The fourth-order valence-electron chi connectivity index (χ4n) is 2.43. The predicted molar refractivity (Wildman–Crippen MR) is 85.8 cm³/mol. The standard InChI is InChI=1S/C18H15NO4/c1-22-18(21)13-7-15-17(14(10-20)9-19-15)16(8-13)23-11-12-5-3-2-4-6-12/h2-10,19H,11H2,1H3. The van der Waals surface area contributed by atoms with Crippen molar-refractivity contribution < 1.29 is 19.1 Å². The average Bonchev–Trinajstić information content (AvgIpc) is 3.03. The highest BCUT2D eigenvalue weighted by atomic mass is 16.5. The second kappa shape index (κ2) is 6.36. The third-order valence-corrected chi connectivity index (χ3v) is 3.56. The molecule has 0 aliphatic heterocycles. The fourth-order valence-corrected chi connectivity index (χ4v) is 2.43. The molecule has 0 saturated carbocycles. The number of carbonyl (C=O) groups is 2. The zero-order valence-electron chi connectivity index (χ0n) is 12.5. The first kappa shape index (κ1) is 14.8. The largest absolute Gasteiger partial charge is 0.488 e. The Morgan fingerprint density at radius 1 is 1.22 bits per heavy atom. The Morgan fingerprint density at radius 3 is 2.70 bits per heavy atom. The second-order valence-corrected chi connectivity index (χ2v) is 5.02. The highest BCUT2D eigenvalue weighted by Gasteiger charge is 2.15. The van der Waals surface area contributed by atoms with E-state index in [0.717, 1.165) is 11.8 Å². The fraction of sp³-hybridized carbons (Fsp3) is 0.111. The second-order valence-electron chi connectivity index (χ2n) is 5.02. The predicted octanol–water partition coefficient (Wildman–Crippen LogP) is 3.35. The lowest BCUT2D eigenvalue weighted by Crippen LogP contribution is -2.03. The lowest BCUT2D eigenvalue weighted by Gasteiger charge is -2.10. The maximum atomic E-state index is 11.8. The molecule has 0 saturated heterocycles. The number of aromatic amines is 1. The zero-order valence-corrected chi connectivity index (χ0v) is 12.5. The Hall–Kier alpha value is -3.08. The normalized spacial score (nSPS) is 10.5. The van der Waals surface area contributed by atoms with Gasteiger partial charge in [-0.05, 0) is 17.7 Å². The molecule has 3 aromatic rings. The summed E-state index contributed by atoms with van der Waals surface area (Å²) >= 11 is 0. The quantitative estimate of drug-likeness (QED) is 0.579. The van der Waals surface area contributed by atoms with Crippen molar-refractivity contribution in [2.45, 2.75) is 6.61 Å². The molecule has 0 bridgehead atoms. The molecule has 0 fully saturated rings. The van der Waals surface area contributed by atoms with Gasteiger partial charge in [0.05, 0.1) is 23.6 Å². The molecule has 0 aliphatic rings. The van der Waals surface area contributed by atoms with Gasteiger partial charge in [0.1, 0.15) is 12.4 Å². The number of nitrogens with one attached hydrogen (secondary N) is 1. The van der Waals surface area contributed by atoms with Crippen LogP contribution >= 0.6 is 0 Å². The monoisotopic (exact) mass is 309 g/mol. The van der Waals surface area contributed by atoms with Gasteiger partial charge in [0, 0.05) is 11.8 Å². The molecule has 116 valence electrons. The number of fused-ring (bicyclic) bond motifs is 1. The van der Waals surface area contributed by atoms with E-state index in [1.54, 1.807) is 18.3 Å². The number of hydrogen-bond acceptors (Lipinski definition) is 4. The van der Waals surface area contributed by atoms with Crippen LogP contribution in [-0.4, -0.2) is 24.3 Å². The van der Waals surface area contributed by atoms with Gasteiger partial charge < -0.3 is 14.5 Å². The number of methoxy groups -OCH3 is 1. The zero-order chi connectivity index (χ0) is 16.2. The van der Waals surface area contributed by atoms with Crippen molar-refractivity contribution in [3.63, 3.8) is 0 Å². The average molecular weight is 309 g/mol. The van der Waals surface area contributed by atoms with Crippen molar-refractivity contribution in [1.82, 2.24) is 4.98 Å². The number of ether oxygens (including phenoxy) is 2. The van der Waals surface area contributed by atoms with Gasteiger partial charge in [-0.1, -0.05) is 30.3 Å². The number of carbonyl (C=O) groups excluding carboxylic acids is 2. The van der Waals surface area contributed by atoms with Gasteiger partial charge in [0.15, 0.2) is 6.29 Å². The van der Waals surface area contributed by atoms with Gasteiger partial charge >= 0.3 is 5.97 Å². The minimum Gasteiger partial charge on any atom is -0.488 e. The number of aromatic nitrogens is 1. The summed E-state index contributed by atoms with van der Waals surface area (Å²) in [4.78, 5) is 26.0. The van der Waals surface area contributed by atoms with Crippen LogP contribution in [0.2, 0.25) is 0 Å². The van der Waals surface area contributed by atoms with Gasteiger partial charge in [-0.15, -0.1) is 0 Å². The van der Waals surface area contributed by atoms with Crippen molar-refractivity contribution >= 4 is 23.2 Å². The Labute approximate surface area is 132 Å². The Kier molecular flexibility index (Phi) is 4.10. The molecule has 5 heteroatoms. The van der Waals surface area contributed by atoms with Crippen LogP contribution in [-0.2, 0) is 11.3 Å². The van der Waals surface area contributed by atoms with Crippen LogP contribution in [0.1, 0.15) is 26.3 Å². The molecule has 3 rings (SSSR count). The van der Waals surface area contributed by atoms with Gasteiger partial charge in [0.25, 0.3) is 0 Å². The highest BCUT2D eigenvalue weighted by Crippen LogP contribution is 2.31. The van der Waals surface area contributed by atoms with Gasteiger partial charge in [-0.2, -0.15) is 0 Å². The molecular formula is C18H15NO4. The third kappa shape index (κ3) is 2.94. The molecule has 1 aromatic heterocycles. The Balaban J connectivity index is 2.02. The maximum Gasteiger partial charge on any atom is 0.338 e. The molecule has 1 heterocycles. The number of rotatable bonds is 5. The van der Waals surface area contributed by atoms with Crippen LogP contribution in [0, 0.1) is 0 Å². The molecule has 23 heavy (non-hydrogen) atoms. The van der Waals surface area contributed by atoms with E-state index in [1.807, 2.05) is 30.3 Å². The van der Waals surface area contributed by atoms with Crippen LogP contribution in [0.25, 0.3) is 10.9 Å². The number of aldehydes is 1. The van der Waals surface area contributed by atoms with Crippen LogP contribution in [0.15, 0.2) is 48.7 Å². The van der Waals surface area contributed by atoms with Crippen molar-refractivity contribution in [2.75, 3.05) is 7.11 Å². The number of esters is 1. The Morgan fingerprint density at radius 2 is 2.00 bits per heavy atom. The summed E-state index contributed by atoms with van der Waals surface area (Å²) in [7, 11) is 1.32. The summed E-state index contributed by atoms with van der Waals surface area (Å²) in [6.07, 6.45) is 2.35. The molecule has 2 aromatic carbocycles. The summed E-state index contributed by atoms with van der Waals surface area (Å²) in [5.41, 5.74) is 2.49. The van der Waals surface area contributed by atoms with Crippen molar-refractivity contribution in [3.05, 3.63) is 65.4 Å². The third-order valence-electron chi connectivity index (χ3n) is 3.56. The molecule has 0 atom stereocenters. The van der Waals surface area contributed by atoms with E-state index in [-0.39, 0.29) is 0 Å². The minimum absolute atomic E-state index is 0.337. The van der Waals surface area contributed by atoms with E-state index in [4.69, 9.17) is 9.47 Å². The minimum atomic E-state index is -0.460. The number of H-pyrrole nitrogens is 1. The first-order valence-corrected chi connectivity index (χ1v) is 7.08. The van der Waals surface area contributed by atoms with Gasteiger partial charge in [-0.25, -0.2) is 4.79 Å². The van der Waals surface area contributed by atoms with Crippen molar-refractivity contribution in [2.24, 2.45) is 0 Å². The van der Waals surface area contributed by atoms with Crippen LogP contribution in [0.5, 0.6) is 5.75 Å². The summed E-state index contributed by atoms with van der Waals surface area (Å²) < 4.78 is 10.6. The van der Waals surface area contributed by atoms with E-state index < -0.39 is 5.97 Å². The molecular weight excluding hydrogens is 294 g/mol. The van der Waals surface area contributed by atoms with E-state index in [9.17, 15) is 9.59 Å². The lowest BCUT2D eigenvalue weighted by molar-refractivity contribution is 0.0600. The van der Waals surface area contributed by atoms with Crippen molar-refractivity contribution in [1.29, 1.82) is 0 Å². The number of benzene rings is 2. The SMILES string of the molecule is COC(=O)c1cc(OCc2ccccc2)c2c(C=O)c[nH]c2c1. The summed E-state index contributed by atoms with van der Waals surface area (Å²) in [6.45, 7) is 0.337. The number of hydrogen-bond donors (Lipinski definition) is 1. The molecule has 0 amide bonds. The molecule has 0 unspecified atom stereocenters. The van der Waals surface area contributed by atoms with Crippen LogP contribution in [0.4, 0.5) is 0 Å². The van der Waals surface area contributed by atoms with E-state index >= 15 is 0 Å². The molecule has 1 N–H and O–H groups in total. The van der Waals surface area contributed by atoms with Gasteiger partial charge in [0.2, 0.25) is 0 Å². The molecule has 5 nitrogen and oxygen atoms in total. The lowest BCUT2D eigenvalue weighted by atomic mass is 10.1. The van der Waals surface area contributed by atoms with E-state index in [0.29, 0.717) is 34.4 Å². The Bertz CT molecular complexity index is 852. The van der Waals surface area contributed by atoms with E-state index in [2.05, 4.69) is 4.98 Å². The highest BCUT2D eigenvalue weighted by molar-refractivity contribution is 6.04. The van der Waals surface area contributed by atoms with Crippen LogP contribution in [0.3, 0.4) is 0 Å². The molecule has 0 aliphatic carbocycles. The summed E-state index contributed by atoms with van der Waals surface area (Å²) in [5, 5.41) is 0.656. The maximum absolute atomic E-state index is 11.8. The topological polar surface area (TPSA) is 68.4 Å². The van der Waals surface area contributed by atoms with Gasteiger partial charge in [-0.3, -0.25) is 4.79 Å².